The van der Waals surface area contributed by atoms with Gasteiger partial charge in [0.25, 0.3) is 5.91 Å². The van der Waals surface area contributed by atoms with Gasteiger partial charge in [0.15, 0.2) is 0 Å². The molecule has 2 N–H and O–H groups in total. The lowest BCUT2D eigenvalue weighted by Crippen LogP contribution is -2.42. The predicted molar refractivity (Wildman–Crippen MR) is 104 cm³/mol. The fourth-order valence-electron chi connectivity index (χ4n) is 2.94. The van der Waals surface area contributed by atoms with E-state index in [1.54, 1.807) is 12.1 Å². The number of rotatable bonds is 5. The minimum Gasteiger partial charge on any atom is -0.480 e. The van der Waals surface area contributed by atoms with Gasteiger partial charge in [-0.15, -0.1) is 0 Å². The van der Waals surface area contributed by atoms with Crippen LogP contribution in [-0.4, -0.2) is 23.0 Å². The number of carbonyl (C=O) groups is 2. The van der Waals surface area contributed by atoms with Crippen molar-refractivity contribution in [2.45, 2.75) is 52.5 Å². The zero-order valence-electron chi connectivity index (χ0n) is 16.1. The molecule has 1 atom stereocenters. The van der Waals surface area contributed by atoms with Crippen LogP contribution >= 0.6 is 0 Å². The van der Waals surface area contributed by atoms with Gasteiger partial charge in [-0.2, -0.15) is 0 Å². The van der Waals surface area contributed by atoms with Crippen molar-refractivity contribution in [2.75, 3.05) is 0 Å². The summed E-state index contributed by atoms with van der Waals surface area (Å²) in [4.78, 5) is 24.2. The van der Waals surface area contributed by atoms with Crippen LogP contribution in [0.1, 0.15) is 53.4 Å². The summed E-state index contributed by atoms with van der Waals surface area (Å²) in [6.45, 7) is 10.2. The maximum absolute atomic E-state index is 12.5. The van der Waals surface area contributed by atoms with Crippen LogP contribution in [0.15, 0.2) is 42.5 Å². The summed E-state index contributed by atoms with van der Waals surface area (Å²) in [5, 5.41) is 12.2. The number of carbonyl (C=O) groups excluding carboxylic acids is 1. The van der Waals surface area contributed by atoms with Gasteiger partial charge in [0.2, 0.25) is 0 Å². The molecule has 0 spiro atoms. The molecule has 2 rings (SSSR count). The summed E-state index contributed by atoms with van der Waals surface area (Å²) in [6, 6.07) is 12.2. The SMILES string of the molecule is Cc1cccc(C)c1C[C@H](NC(=O)c1ccc(C(C)(C)C)cc1)C(=O)O. The summed E-state index contributed by atoms with van der Waals surface area (Å²) in [6.07, 6.45) is 0.264. The van der Waals surface area contributed by atoms with E-state index in [9.17, 15) is 14.7 Å². The van der Waals surface area contributed by atoms with Crippen molar-refractivity contribution in [3.63, 3.8) is 0 Å². The van der Waals surface area contributed by atoms with Gasteiger partial charge in [-0.1, -0.05) is 51.1 Å². The average Bonchev–Trinajstić information content (AvgIpc) is 2.56. The third kappa shape index (κ3) is 4.72. The van der Waals surface area contributed by atoms with E-state index in [0.29, 0.717) is 5.56 Å². The van der Waals surface area contributed by atoms with E-state index in [4.69, 9.17) is 0 Å². The Morgan fingerprint density at radius 1 is 1.00 bits per heavy atom. The number of hydrogen-bond donors (Lipinski definition) is 2. The molecule has 26 heavy (non-hydrogen) atoms. The molecule has 4 heteroatoms. The Morgan fingerprint density at radius 3 is 2.00 bits per heavy atom. The van der Waals surface area contributed by atoms with Gasteiger partial charge in [-0.05, 0) is 53.6 Å². The molecule has 0 aromatic heterocycles. The molecular formula is C22H27NO3. The van der Waals surface area contributed by atoms with Crippen LogP contribution in [-0.2, 0) is 16.6 Å². The van der Waals surface area contributed by atoms with Crippen molar-refractivity contribution < 1.29 is 14.7 Å². The molecule has 0 saturated heterocycles. The van der Waals surface area contributed by atoms with Crippen molar-refractivity contribution in [1.29, 1.82) is 0 Å². The molecule has 138 valence electrons. The van der Waals surface area contributed by atoms with Crippen LogP contribution < -0.4 is 5.32 Å². The quantitative estimate of drug-likeness (QED) is 0.853. The number of aliphatic carboxylic acids is 1. The van der Waals surface area contributed by atoms with Crippen LogP contribution in [0.5, 0.6) is 0 Å². The lowest BCUT2D eigenvalue weighted by Gasteiger charge is -2.20. The minimum absolute atomic E-state index is 0.000961. The average molecular weight is 353 g/mol. The molecule has 0 aliphatic heterocycles. The van der Waals surface area contributed by atoms with Gasteiger partial charge in [0, 0.05) is 12.0 Å². The Labute approximate surface area is 155 Å². The second-order valence-electron chi connectivity index (χ2n) is 7.77. The molecular weight excluding hydrogens is 326 g/mol. The summed E-state index contributed by atoms with van der Waals surface area (Å²) in [5.41, 5.74) is 4.61. The van der Waals surface area contributed by atoms with Gasteiger partial charge in [0.05, 0.1) is 0 Å². The molecule has 0 aliphatic carbocycles. The highest BCUT2D eigenvalue weighted by Gasteiger charge is 2.23. The van der Waals surface area contributed by atoms with Crippen molar-refractivity contribution in [3.05, 3.63) is 70.3 Å². The lowest BCUT2D eigenvalue weighted by atomic mass is 9.86. The number of carboxylic acids is 1. The van der Waals surface area contributed by atoms with E-state index < -0.39 is 12.0 Å². The second-order valence-corrected chi connectivity index (χ2v) is 7.77. The standard InChI is InChI=1S/C22H27NO3/c1-14-7-6-8-15(2)18(14)13-19(21(25)26)23-20(24)16-9-11-17(12-10-16)22(3,4)5/h6-12,19H,13H2,1-5H3,(H,23,24)(H,25,26)/t19-/m0/s1. The van der Waals surface area contributed by atoms with Crippen molar-refractivity contribution in [2.24, 2.45) is 0 Å². The number of carboxylic acid groups (broad SMARTS) is 1. The fraction of sp³-hybridized carbons (Fsp3) is 0.364. The summed E-state index contributed by atoms with van der Waals surface area (Å²) < 4.78 is 0. The monoisotopic (exact) mass is 353 g/mol. The molecule has 2 aromatic carbocycles. The zero-order chi connectivity index (χ0) is 19.5. The van der Waals surface area contributed by atoms with Gasteiger partial charge in [-0.25, -0.2) is 4.79 Å². The Morgan fingerprint density at radius 2 is 1.54 bits per heavy atom. The normalized spacial score (nSPS) is 12.5. The number of amides is 1. The molecule has 4 nitrogen and oxygen atoms in total. The first-order chi connectivity index (χ1) is 12.1. The number of nitrogens with one attached hydrogen (secondary N) is 1. The molecule has 2 aromatic rings. The van der Waals surface area contributed by atoms with E-state index in [1.807, 2.05) is 44.2 Å². The maximum atomic E-state index is 12.5. The largest absolute Gasteiger partial charge is 0.480 e. The third-order valence-electron chi connectivity index (χ3n) is 4.67. The molecule has 0 radical (unpaired) electrons. The van der Waals surface area contributed by atoms with Gasteiger partial charge in [-0.3, -0.25) is 4.79 Å². The first-order valence-electron chi connectivity index (χ1n) is 8.79. The Hall–Kier alpha value is -2.62. The summed E-state index contributed by atoms with van der Waals surface area (Å²) in [5.74, 6) is -1.41. The Balaban J connectivity index is 2.17. The topological polar surface area (TPSA) is 66.4 Å². The van der Waals surface area contributed by atoms with Crippen LogP contribution in [0.3, 0.4) is 0 Å². The molecule has 0 aliphatic rings. The smallest absolute Gasteiger partial charge is 0.326 e. The number of aryl methyl sites for hydroxylation is 2. The molecule has 0 unspecified atom stereocenters. The van der Waals surface area contributed by atoms with Crippen LogP contribution in [0.2, 0.25) is 0 Å². The van der Waals surface area contributed by atoms with E-state index in [1.165, 1.54) is 0 Å². The first kappa shape index (κ1) is 19.7. The van der Waals surface area contributed by atoms with Crippen LogP contribution in [0.25, 0.3) is 0 Å². The second kappa shape index (κ2) is 7.73. The van der Waals surface area contributed by atoms with E-state index in [0.717, 1.165) is 22.3 Å². The third-order valence-corrected chi connectivity index (χ3v) is 4.67. The van der Waals surface area contributed by atoms with Crippen LogP contribution in [0.4, 0.5) is 0 Å². The Kier molecular flexibility index (Phi) is 5.86. The van der Waals surface area contributed by atoms with Gasteiger partial charge < -0.3 is 10.4 Å². The first-order valence-corrected chi connectivity index (χ1v) is 8.79. The minimum atomic E-state index is -1.03. The van der Waals surface area contributed by atoms with Gasteiger partial charge in [0.1, 0.15) is 6.04 Å². The molecule has 0 saturated carbocycles. The molecule has 0 bridgehead atoms. The number of benzene rings is 2. The fourth-order valence-corrected chi connectivity index (χ4v) is 2.94. The highest BCUT2D eigenvalue weighted by atomic mass is 16.4. The van der Waals surface area contributed by atoms with Crippen molar-refractivity contribution >= 4 is 11.9 Å². The summed E-state index contributed by atoms with van der Waals surface area (Å²) >= 11 is 0. The number of hydrogen-bond acceptors (Lipinski definition) is 2. The van der Waals surface area contributed by atoms with E-state index in [2.05, 4.69) is 26.1 Å². The van der Waals surface area contributed by atoms with E-state index >= 15 is 0 Å². The predicted octanol–water partition coefficient (Wildman–Crippen LogP) is 4.03. The zero-order valence-corrected chi connectivity index (χ0v) is 16.1. The highest BCUT2D eigenvalue weighted by molar-refractivity contribution is 5.96. The molecule has 1 amide bonds. The van der Waals surface area contributed by atoms with Crippen molar-refractivity contribution in [3.8, 4) is 0 Å². The van der Waals surface area contributed by atoms with Crippen LogP contribution in [0, 0.1) is 13.8 Å². The summed E-state index contributed by atoms with van der Waals surface area (Å²) in [7, 11) is 0. The maximum Gasteiger partial charge on any atom is 0.326 e. The molecule has 0 heterocycles. The van der Waals surface area contributed by atoms with Crippen molar-refractivity contribution in [1.82, 2.24) is 5.32 Å². The van der Waals surface area contributed by atoms with E-state index in [-0.39, 0.29) is 17.7 Å². The molecule has 0 fully saturated rings. The van der Waals surface area contributed by atoms with Gasteiger partial charge >= 0.3 is 5.97 Å². The Bertz CT molecular complexity index is 781. The highest BCUT2D eigenvalue weighted by Crippen LogP contribution is 2.22. The lowest BCUT2D eigenvalue weighted by molar-refractivity contribution is -0.139.